The van der Waals surface area contributed by atoms with Crippen molar-refractivity contribution in [2.45, 2.75) is 171 Å². The predicted molar refractivity (Wildman–Crippen MR) is 309 cm³/mol. The fourth-order valence-corrected chi connectivity index (χ4v) is 5.90. The molecule has 0 aliphatic heterocycles. The summed E-state index contributed by atoms with van der Waals surface area (Å²) in [7, 11) is -2.59. The number of hydrazine groups is 1. The summed E-state index contributed by atoms with van der Waals surface area (Å²) in [4.78, 5) is 32.0. The van der Waals surface area contributed by atoms with Gasteiger partial charge in [-0.15, -0.1) is 12.4 Å². The standard InChI is InChI=1S/C20H33N3OSi.C14H17N3O2.C7H8N2O2.C7H11NO.C7H18Si.ClH/c1-19(2,3)17-13-18(21)23(22-17)16-11-9-15(10-12-16)14-24-25(7,8)20(4,5)6;1-14(2,3)11-8-12(15)17(16-11)10-6-4-9(5-7-10)13(18)19;8-9-6-3-1-5(2-4-6)7(10)11;1-7(2,3)6(9)4-5-8;1-7(2,3)8(4,5)6;/h9-13H,14,21H2,1-8H3;4-8H,15H2,1-3H3,(H,18,19);1-4,9H,8H2,(H,10,11);4H2,1-3H3;1-6H3;1H. The topological polar surface area (TPSA) is 250 Å². The van der Waals surface area contributed by atoms with E-state index in [1.807, 2.05) is 39.0 Å². The molecule has 18 heteroatoms. The van der Waals surface area contributed by atoms with Crippen LogP contribution in [0.25, 0.3) is 11.4 Å². The molecule has 0 unspecified atom stereocenters. The number of carbonyl (C=O) groups is 3. The van der Waals surface area contributed by atoms with Gasteiger partial charge in [0.25, 0.3) is 0 Å². The molecular weight excluding hydrogens is 974 g/mol. The molecule has 0 aliphatic rings. The van der Waals surface area contributed by atoms with Crippen molar-refractivity contribution in [2.75, 3.05) is 16.9 Å². The first-order valence-corrected chi connectivity index (χ1v) is 30.5. The van der Waals surface area contributed by atoms with Crippen LogP contribution in [0.3, 0.4) is 0 Å². The summed E-state index contributed by atoms with van der Waals surface area (Å²) in [6.07, 6.45) is 0.0312. The number of aromatic nitrogens is 4. The number of anilines is 3. The molecule has 0 amide bonds. The Morgan fingerprint density at radius 3 is 1.22 bits per heavy atom. The lowest BCUT2D eigenvalue weighted by molar-refractivity contribution is -0.125. The van der Waals surface area contributed by atoms with E-state index in [2.05, 4.69) is 156 Å². The molecule has 0 aliphatic carbocycles. The number of benzene rings is 3. The number of nitrogens with two attached hydrogens (primary N) is 3. The highest BCUT2D eigenvalue weighted by atomic mass is 35.5. The van der Waals surface area contributed by atoms with E-state index in [1.54, 1.807) is 33.6 Å². The minimum atomic E-state index is -1.73. The van der Waals surface area contributed by atoms with Crippen LogP contribution in [0, 0.1) is 16.7 Å². The SMILES string of the molecule is CC(C)(C)C(=O)CC#N.CC(C)(C)[Si](C)(C)C.CC(C)(C)c1cc(N)n(-c2ccc(C(=O)O)cc2)n1.CC(C)(C)c1cc(N)n(-c2ccc(CO[Si](C)(C)C(C)(C)C)cc2)n1.Cl.NNc1ccc(C(=O)O)cc1. The van der Waals surface area contributed by atoms with Crippen molar-refractivity contribution in [3.63, 3.8) is 0 Å². The highest BCUT2D eigenvalue weighted by Crippen LogP contribution is 2.37. The van der Waals surface area contributed by atoms with Crippen LogP contribution in [-0.4, -0.2) is 63.9 Å². The Labute approximate surface area is 444 Å². The molecule has 0 fully saturated rings. The highest BCUT2D eigenvalue weighted by molar-refractivity contribution is 6.78. The van der Waals surface area contributed by atoms with Gasteiger partial charge in [-0.2, -0.15) is 15.5 Å². The number of nitrogens with one attached hydrogen (secondary N) is 1. The summed E-state index contributed by atoms with van der Waals surface area (Å²) >= 11 is 0. The maximum atomic E-state index is 10.8. The Hall–Kier alpha value is -5.78. The van der Waals surface area contributed by atoms with Crippen LogP contribution in [-0.2, 0) is 26.7 Å². The zero-order chi connectivity index (χ0) is 56.0. The van der Waals surface area contributed by atoms with Crippen LogP contribution in [0.2, 0.25) is 42.8 Å². The van der Waals surface area contributed by atoms with Crippen molar-refractivity contribution in [1.82, 2.24) is 19.6 Å². The molecular formula is C55H88ClN9O6Si2. The zero-order valence-corrected chi connectivity index (χ0v) is 50.2. The Balaban J connectivity index is 0.000000952. The normalized spacial score (nSPS) is 11.8. The van der Waals surface area contributed by atoms with Crippen molar-refractivity contribution in [2.24, 2.45) is 11.3 Å². The maximum Gasteiger partial charge on any atom is 0.335 e. The quantitative estimate of drug-likeness (QED) is 0.0457. The first-order chi connectivity index (χ1) is 32.6. The van der Waals surface area contributed by atoms with E-state index in [0.717, 1.165) is 22.8 Å². The van der Waals surface area contributed by atoms with Gasteiger partial charge < -0.3 is 31.5 Å². The second-order valence-corrected chi connectivity index (χ2v) is 35.1. The van der Waals surface area contributed by atoms with Gasteiger partial charge in [0.1, 0.15) is 11.6 Å². The fraction of sp³-hybridized carbons (Fsp3) is 0.491. The third-order valence-corrected chi connectivity index (χ3v) is 21.6. The second kappa shape index (κ2) is 27.0. The first kappa shape index (κ1) is 67.2. The molecule has 0 radical (unpaired) electrons. The van der Waals surface area contributed by atoms with Gasteiger partial charge in [0.05, 0.1) is 53.0 Å². The molecule has 5 aromatic rings. The Bertz CT molecular complexity index is 2550. The molecule has 0 spiro atoms. The van der Waals surface area contributed by atoms with Crippen molar-refractivity contribution in [1.29, 1.82) is 5.26 Å². The van der Waals surface area contributed by atoms with Crippen LogP contribution in [0.5, 0.6) is 0 Å². The molecule has 73 heavy (non-hydrogen) atoms. The number of Topliss-reactive ketones (excluding diaryl/α,β-unsaturated/α-hetero) is 1. The lowest BCUT2D eigenvalue weighted by atomic mass is 9.89. The maximum absolute atomic E-state index is 10.8. The van der Waals surface area contributed by atoms with Gasteiger partial charge in [0.2, 0.25) is 0 Å². The van der Waals surface area contributed by atoms with Gasteiger partial charge in [-0.3, -0.25) is 10.6 Å². The van der Waals surface area contributed by atoms with Crippen molar-refractivity contribution in [3.8, 4) is 17.4 Å². The molecule has 5 rings (SSSR count). The number of halogens is 1. The van der Waals surface area contributed by atoms with E-state index < -0.39 is 28.3 Å². The van der Waals surface area contributed by atoms with Crippen LogP contribution >= 0.6 is 12.4 Å². The molecule has 2 aromatic heterocycles. The number of carbonyl (C=O) groups excluding carboxylic acids is 1. The predicted octanol–water partition coefficient (Wildman–Crippen LogP) is 13.5. The number of ketones is 1. The number of carboxylic acids is 2. The van der Waals surface area contributed by atoms with Gasteiger partial charge in [0.15, 0.2) is 14.1 Å². The summed E-state index contributed by atoms with van der Waals surface area (Å²) < 4.78 is 9.71. The van der Waals surface area contributed by atoms with Gasteiger partial charge in [-0.1, -0.05) is 136 Å². The van der Waals surface area contributed by atoms with Crippen LogP contribution < -0.4 is 22.7 Å². The van der Waals surface area contributed by atoms with Gasteiger partial charge in [-0.25, -0.2) is 19.0 Å². The molecule has 15 nitrogen and oxygen atoms in total. The molecule has 404 valence electrons. The van der Waals surface area contributed by atoms with Crippen molar-refractivity contribution < 1.29 is 29.0 Å². The lowest BCUT2D eigenvalue weighted by Crippen LogP contribution is -2.40. The number of rotatable bonds is 9. The second-order valence-electron chi connectivity index (χ2n) is 24.3. The summed E-state index contributed by atoms with van der Waals surface area (Å²) in [5.74, 6) is 4.40. The molecule has 0 atom stereocenters. The number of hydrogen-bond acceptors (Lipinski definition) is 11. The lowest BCUT2D eigenvalue weighted by Gasteiger charge is -2.36. The van der Waals surface area contributed by atoms with Gasteiger partial charge >= 0.3 is 11.9 Å². The minimum Gasteiger partial charge on any atom is -0.478 e. The molecule has 2 heterocycles. The van der Waals surface area contributed by atoms with E-state index >= 15 is 0 Å². The summed E-state index contributed by atoms with van der Waals surface area (Å²) in [5.41, 5.74) is 20.0. The van der Waals surface area contributed by atoms with Crippen molar-refractivity contribution in [3.05, 3.63) is 113 Å². The van der Waals surface area contributed by atoms with E-state index in [4.69, 9.17) is 37.2 Å². The molecule has 3 aromatic carbocycles. The van der Waals surface area contributed by atoms with Gasteiger partial charge in [-0.05, 0) is 89.4 Å². The Kier molecular flexibility index (Phi) is 24.8. The van der Waals surface area contributed by atoms with E-state index in [1.165, 1.54) is 29.8 Å². The largest absolute Gasteiger partial charge is 0.478 e. The monoisotopic (exact) mass is 1060 g/mol. The number of nitrogen functional groups attached to an aromatic ring is 3. The summed E-state index contributed by atoms with van der Waals surface area (Å²) in [6, 6.07) is 26.6. The average Bonchev–Trinajstić information content (AvgIpc) is 3.86. The van der Waals surface area contributed by atoms with E-state index in [9.17, 15) is 14.4 Å². The van der Waals surface area contributed by atoms with Crippen LogP contribution in [0.1, 0.15) is 148 Å². The third kappa shape index (κ3) is 22.1. The van der Waals surface area contributed by atoms with Crippen molar-refractivity contribution >= 4 is 63.8 Å². The fourth-order valence-electron chi connectivity index (χ4n) is 4.94. The van der Waals surface area contributed by atoms with Crippen LogP contribution in [0.15, 0.2) is 84.9 Å². The Morgan fingerprint density at radius 2 is 0.973 bits per heavy atom. The minimum absolute atomic E-state index is 0. The van der Waals surface area contributed by atoms with Crippen LogP contribution in [0.4, 0.5) is 17.3 Å². The van der Waals surface area contributed by atoms with E-state index in [0.29, 0.717) is 29.0 Å². The summed E-state index contributed by atoms with van der Waals surface area (Å²) in [5, 5.41) is 35.4. The number of nitrogens with zero attached hydrogens (tertiary/aromatic N) is 5. The number of nitriles is 1. The first-order valence-electron chi connectivity index (χ1n) is 24.1. The molecule has 0 bridgehead atoms. The number of carboxylic acid groups (broad SMARTS) is 2. The Morgan fingerprint density at radius 1 is 0.630 bits per heavy atom. The molecule has 0 saturated carbocycles. The third-order valence-electron chi connectivity index (χ3n) is 12.6. The molecule has 9 N–H and O–H groups in total. The highest BCUT2D eigenvalue weighted by Gasteiger charge is 2.37. The van der Waals surface area contributed by atoms with E-state index in [-0.39, 0.29) is 57.0 Å². The zero-order valence-electron chi connectivity index (χ0n) is 47.4. The number of hydrogen-bond donors (Lipinski definition) is 6. The number of aromatic carboxylic acids is 2. The van der Waals surface area contributed by atoms with Gasteiger partial charge in [0, 0.05) is 42.1 Å². The average molecular weight is 1060 g/mol. The molecule has 0 saturated heterocycles. The summed E-state index contributed by atoms with van der Waals surface area (Å²) in [6.45, 7) is 44.3. The smallest absolute Gasteiger partial charge is 0.335 e.